The number of nitrogens with one attached hydrogen (secondary N) is 1. The Balaban J connectivity index is 1.72. The lowest BCUT2D eigenvalue weighted by Crippen LogP contribution is -2.16. The molecular formula is C21H19NO5S. The highest BCUT2D eigenvalue weighted by molar-refractivity contribution is 7.17. The van der Waals surface area contributed by atoms with Crippen LogP contribution in [0.3, 0.4) is 0 Å². The molecule has 1 aliphatic carbocycles. The molecule has 0 aliphatic heterocycles. The zero-order chi connectivity index (χ0) is 19.7. The summed E-state index contributed by atoms with van der Waals surface area (Å²) in [4.78, 5) is 38.4. The molecule has 1 aromatic carbocycles. The third-order valence-corrected chi connectivity index (χ3v) is 6.14. The molecule has 1 aliphatic rings. The fourth-order valence-electron chi connectivity index (χ4n) is 3.56. The average molecular weight is 397 g/mol. The number of aryl methyl sites for hydroxylation is 1. The fourth-order valence-corrected chi connectivity index (χ4v) is 4.83. The van der Waals surface area contributed by atoms with Crippen LogP contribution >= 0.6 is 11.3 Å². The Kier molecular flexibility index (Phi) is 5.00. The van der Waals surface area contributed by atoms with Gasteiger partial charge in [0.25, 0.3) is 5.91 Å². The zero-order valence-electron chi connectivity index (χ0n) is 15.4. The predicted octanol–water partition coefficient (Wildman–Crippen LogP) is 4.16. The Bertz CT molecular complexity index is 1130. The largest absolute Gasteiger partial charge is 0.465 e. The standard InChI is InChI=1S/C21H19NO5S/c1-26-21(25)17-14-9-3-2-4-10-16(14)28-19(17)22-18(23)15-11-12-7-5-6-8-13(12)20(24)27-15/h5-8,11H,2-4,9-10H2,1H3,(H,22,23). The van der Waals surface area contributed by atoms with E-state index in [2.05, 4.69) is 5.32 Å². The monoisotopic (exact) mass is 397 g/mol. The first-order chi connectivity index (χ1) is 13.6. The third kappa shape index (κ3) is 3.33. The van der Waals surface area contributed by atoms with Gasteiger partial charge in [0.05, 0.1) is 18.1 Å². The van der Waals surface area contributed by atoms with Gasteiger partial charge in [0.15, 0.2) is 5.76 Å². The van der Waals surface area contributed by atoms with Gasteiger partial charge in [0.2, 0.25) is 0 Å². The summed E-state index contributed by atoms with van der Waals surface area (Å²) in [5, 5.41) is 4.24. The number of ether oxygens (including phenoxy) is 1. The second-order valence-electron chi connectivity index (χ2n) is 6.70. The maximum atomic E-state index is 12.8. The molecule has 0 bridgehead atoms. The molecule has 6 nitrogen and oxygen atoms in total. The van der Waals surface area contributed by atoms with Crippen LogP contribution in [0, 0.1) is 0 Å². The molecule has 0 saturated carbocycles. The van der Waals surface area contributed by atoms with Crippen molar-refractivity contribution in [3.05, 3.63) is 62.5 Å². The van der Waals surface area contributed by atoms with Crippen LogP contribution < -0.4 is 10.9 Å². The SMILES string of the molecule is COC(=O)c1c(NC(=O)c2cc3ccccc3c(=O)o2)sc2c1CCCCC2. The molecule has 0 fully saturated rings. The summed E-state index contributed by atoms with van der Waals surface area (Å²) in [5.41, 5.74) is 0.809. The van der Waals surface area contributed by atoms with Crippen molar-refractivity contribution in [3.8, 4) is 0 Å². The molecule has 0 atom stereocenters. The maximum Gasteiger partial charge on any atom is 0.344 e. The number of carbonyl (C=O) groups excluding carboxylic acids is 2. The molecule has 2 aromatic heterocycles. The van der Waals surface area contributed by atoms with Crippen molar-refractivity contribution in [2.24, 2.45) is 0 Å². The number of esters is 1. The summed E-state index contributed by atoms with van der Waals surface area (Å²) in [6.45, 7) is 0. The molecule has 0 radical (unpaired) electrons. The first-order valence-electron chi connectivity index (χ1n) is 9.15. The fraction of sp³-hybridized carbons (Fsp3) is 0.286. The van der Waals surface area contributed by atoms with Crippen LogP contribution in [0.25, 0.3) is 10.8 Å². The highest BCUT2D eigenvalue weighted by atomic mass is 32.1. The Morgan fingerprint density at radius 3 is 2.75 bits per heavy atom. The van der Waals surface area contributed by atoms with Crippen LogP contribution in [0.5, 0.6) is 0 Å². The Morgan fingerprint density at radius 2 is 1.93 bits per heavy atom. The van der Waals surface area contributed by atoms with Crippen molar-refractivity contribution >= 4 is 39.0 Å². The third-order valence-electron chi connectivity index (χ3n) is 4.93. The van der Waals surface area contributed by atoms with E-state index in [-0.39, 0.29) is 5.76 Å². The molecule has 0 unspecified atom stereocenters. The first kappa shape index (κ1) is 18.4. The van der Waals surface area contributed by atoms with E-state index in [0.717, 1.165) is 42.5 Å². The van der Waals surface area contributed by atoms with Crippen LogP contribution in [-0.4, -0.2) is 19.0 Å². The highest BCUT2D eigenvalue weighted by Gasteiger charge is 2.27. The van der Waals surface area contributed by atoms with Gasteiger partial charge in [-0.1, -0.05) is 24.6 Å². The van der Waals surface area contributed by atoms with Crippen LogP contribution in [-0.2, 0) is 17.6 Å². The quantitative estimate of drug-likeness (QED) is 0.530. The van der Waals surface area contributed by atoms with E-state index >= 15 is 0 Å². The van der Waals surface area contributed by atoms with Crippen LogP contribution in [0.4, 0.5) is 5.00 Å². The van der Waals surface area contributed by atoms with E-state index in [1.54, 1.807) is 24.3 Å². The number of benzene rings is 1. The number of methoxy groups -OCH3 is 1. The molecule has 2 heterocycles. The maximum absolute atomic E-state index is 12.8. The van der Waals surface area contributed by atoms with Crippen molar-refractivity contribution in [3.63, 3.8) is 0 Å². The number of anilines is 1. The zero-order valence-corrected chi connectivity index (χ0v) is 16.2. The van der Waals surface area contributed by atoms with Gasteiger partial charge in [-0.2, -0.15) is 0 Å². The second kappa shape index (κ2) is 7.59. The van der Waals surface area contributed by atoms with Crippen LogP contribution in [0.15, 0.2) is 39.5 Å². The lowest BCUT2D eigenvalue weighted by atomic mass is 10.1. The van der Waals surface area contributed by atoms with Gasteiger partial charge in [-0.05, 0) is 48.8 Å². The molecule has 4 rings (SSSR count). The topological polar surface area (TPSA) is 85.6 Å². The summed E-state index contributed by atoms with van der Waals surface area (Å²) in [7, 11) is 1.33. The molecule has 28 heavy (non-hydrogen) atoms. The molecule has 7 heteroatoms. The minimum absolute atomic E-state index is 0.0943. The van der Waals surface area contributed by atoms with Crippen molar-refractivity contribution in [2.75, 3.05) is 12.4 Å². The van der Waals surface area contributed by atoms with Gasteiger partial charge >= 0.3 is 11.6 Å². The van der Waals surface area contributed by atoms with Crippen LogP contribution in [0.2, 0.25) is 0 Å². The Labute approximate surface area is 165 Å². The number of hydrogen-bond donors (Lipinski definition) is 1. The number of fused-ring (bicyclic) bond motifs is 2. The highest BCUT2D eigenvalue weighted by Crippen LogP contribution is 2.38. The lowest BCUT2D eigenvalue weighted by molar-refractivity contribution is 0.0601. The van der Waals surface area contributed by atoms with E-state index in [1.807, 2.05) is 0 Å². The number of thiophene rings is 1. The average Bonchev–Trinajstić information content (AvgIpc) is 2.87. The smallest absolute Gasteiger partial charge is 0.344 e. The number of amides is 1. The van der Waals surface area contributed by atoms with Gasteiger partial charge in [0, 0.05) is 4.88 Å². The van der Waals surface area contributed by atoms with E-state index in [0.29, 0.717) is 21.3 Å². The summed E-state index contributed by atoms with van der Waals surface area (Å²) in [6.07, 6.45) is 4.84. The first-order valence-corrected chi connectivity index (χ1v) is 9.97. The van der Waals surface area contributed by atoms with E-state index < -0.39 is 17.5 Å². The van der Waals surface area contributed by atoms with Crippen LogP contribution in [0.1, 0.15) is 50.6 Å². The molecule has 0 spiro atoms. The van der Waals surface area contributed by atoms with Gasteiger partial charge < -0.3 is 14.5 Å². The van der Waals surface area contributed by atoms with Crippen molar-refractivity contribution in [2.45, 2.75) is 32.1 Å². The normalized spacial score (nSPS) is 13.6. The van der Waals surface area contributed by atoms with Gasteiger partial charge in [-0.15, -0.1) is 11.3 Å². The Hall–Kier alpha value is -2.93. The van der Waals surface area contributed by atoms with Crippen molar-refractivity contribution in [1.82, 2.24) is 0 Å². The van der Waals surface area contributed by atoms with E-state index in [4.69, 9.17) is 9.15 Å². The van der Waals surface area contributed by atoms with E-state index in [9.17, 15) is 14.4 Å². The second-order valence-corrected chi connectivity index (χ2v) is 7.80. The van der Waals surface area contributed by atoms with Gasteiger partial charge in [-0.3, -0.25) is 4.79 Å². The van der Waals surface area contributed by atoms with Crippen molar-refractivity contribution < 1.29 is 18.7 Å². The number of carbonyl (C=O) groups is 2. The molecule has 144 valence electrons. The Morgan fingerprint density at radius 1 is 1.14 bits per heavy atom. The summed E-state index contributed by atoms with van der Waals surface area (Å²) in [6, 6.07) is 8.45. The van der Waals surface area contributed by atoms with Gasteiger partial charge in [-0.25, -0.2) is 9.59 Å². The minimum atomic E-state index is -0.571. The predicted molar refractivity (Wildman–Crippen MR) is 107 cm³/mol. The lowest BCUT2D eigenvalue weighted by Gasteiger charge is -2.07. The molecule has 1 N–H and O–H groups in total. The summed E-state index contributed by atoms with van der Waals surface area (Å²) < 4.78 is 10.1. The molecule has 3 aromatic rings. The summed E-state index contributed by atoms with van der Waals surface area (Å²) >= 11 is 1.40. The number of rotatable bonds is 3. The molecule has 0 saturated heterocycles. The van der Waals surface area contributed by atoms with Crippen molar-refractivity contribution in [1.29, 1.82) is 0 Å². The van der Waals surface area contributed by atoms with Gasteiger partial charge in [0.1, 0.15) is 5.00 Å². The molecular weight excluding hydrogens is 378 g/mol. The minimum Gasteiger partial charge on any atom is -0.465 e. The molecule has 1 amide bonds. The number of hydrogen-bond acceptors (Lipinski definition) is 6. The van der Waals surface area contributed by atoms with E-state index in [1.165, 1.54) is 24.5 Å². The summed E-state index contributed by atoms with van der Waals surface area (Å²) in [5.74, 6) is -1.12.